The van der Waals surface area contributed by atoms with Crippen LogP contribution in [0.4, 0.5) is 19.0 Å². The first-order valence-electron chi connectivity index (χ1n) is 8.56. The van der Waals surface area contributed by atoms with E-state index in [0.29, 0.717) is 17.6 Å². The zero-order chi connectivity index (χ0) is 19.8. The molecule has 0 radical (unpaired) electrons. The molecule has 3 heterocycles. The van der Waals surface area contributed by atoms with Crippen molar-refractivity contribution in [2.75, 3.05) is 5.32 Å². The number of hydrogen-bond acceptors (Lipinski definition) is 3. The van der Waals surface area contributed by atoms with Crippen molar-refractivity contribution >= 4 is 22.8 Å². The Morgan fingerprint density at radius 1 is 1.33 bits per heavy atom. The van der Waals surface area contributed by atoms with Crippen LogP contribution in [0.15, 0.2) is 24.4 Å². The predicted octanol–water partition coefficient (Wildman–Crippen LogP) is 3.69. The Balaban J connectivity index is 1.82. The number of nitrogens with zero attached hydrogens (tertiary/aromatic N) is 4. The van der Waals surface area contributed by atoms with Gasteiger partial charge in [0.05, 0.1) is 5.69 Å². The lowest BCUT2D eigenvalue weighted by molar-refractivity contribution is -0.143. The lowest BCUT2D eigenvalue weighted by atomic mass is 10.2. The summed E-state index contributed by atoms with van der Waals surface area (Å²) in [7, 11) is 1.72. The number of rotatable bonds is 5. The lowest BCUT2D eigenvalue weighted by Crippen LogP contribution is -2.20. The van der Waals surface area contributed by atoms with Crippen LogP contribution >= 0.6 is 0 Å². The Labute approximate surface area is 154 Å². The van der Waals surface area contributed by atoms with Crippen molar-refractivity contribution in [2.45, 2.75) is 39.4 Å². The Bertz CT molecular complexity index is 987. The van der Waals surface area contributed by atoms with Crippen LogP contribution in [-0.2, 0) is 31.0 Å². The SMILES string of the molecule is CCc1c(C)nn(C)c1NC(=O)CCn1c(C(F)(F)F)cc2cccnc21. The third-order valence-electron chi connectivity index (χ3n) is 4.47. The Hall–Kier alpha value is -2.84. The summed E-state index contributed by atoms with van der Waals surface area (Å²) in [5.41, 5.74) is 1.13. The quantitative estimate of drug-likeness (QED) is 0.735. The van der Waals surface area contributed by atoms with Gasteiger partial charge in [0.1, 0.15) is 17.2 Å². The van der Waals surface area contributed by atoms with E-state index in [0.717, 1.165) is 21.9 Å². The fourth-order valence-electron chi connectivity index (χ4n) is 3.24. The molecule has 1 N–H and O–H groups in total. The molecule has 0 saturated heterocycles. The molecule has 0 aliphatic carbocycles. The molecule has 27 heavy (non-hydrogen) atoms. The summed E-state index contributed by atoms with van der Waals surface area (Å²) in [6, 6.07) is 4.20. The molecule has 3 rings (SSSR count). The zero-order valence-corrected chi connectivity index (χ0v) is 15.3. The molecule has 6 nitrogen and oxygen atoms in total. The van der Waals surface area contributed by atoms with Crippen LogP contribution in [0.1, 0.15) is 30.3 Å². The van der Waals surface area contributed by atoms with Crippen molar-refractivity contribution in [2.24, 2.45) is 7.05 Å². The van der Waals surface area contributed by atoms with E-state index >= 15 is 0 Å². The number of carbonyl (C=O) groups is 1. The van der Waals surface area contributed by atoms with Crippen LogP contribution in [0.3, 0.4) is 0 Å². The smallest absolute Gasteiger partial charge is 0.321 e. The van der Waals surface area contributed by atoms with Crippen LogP contribution in [0.5, 0.6) is 0 Å². The second kappa shape index (κ2) is 7.05. The van der Waals surface area contributed by atoms with Gasteiger partial charge in [0, 0.05) is 37.2 Å². The fraction of sp³-hybridized carbons (Fsp3) is 0.389. The van der Waals surface area contributed by atoms with Gasteiger partial charge in [-0.25, -0.2) is 4.98 Å². The zero-order valence-electron chi connectivity index (χ0n) is 15.3. The van der Waals surface area contributed by atoms with Gasteiger partial charge in [0.25, 0.3) is 0 Å². The minimum atomic E-state index is -4.52. The van der Waals surface area contributed by atoms with E-state index in [1.165, 1.54) is 6.20 Å². The fourth-order valence-corrected chi connectivity index (χ4v) is 3.24. The third kappa shape index (κ3) is 3.67. The molecule has 0 aromatic carbocycles. The molecule has 1 amide bonds. The van der Waals surface area contributed by atoms with Gasteiger partial charge in [-0.05, 0) is 31.5 Å². The Morgan fingerprint density at radius 3 is 2.74 bits per heavy atom. The molecule has 0 spiro atoms. The number of nitrogens with one attached hydrogen (secondary N) is 1. The number of carbonyl (C=O) groups excluding carboxylic acids is 1. The van der Waals surface area contributed by atoms with E-state index in [4.69, 9.17) is 0 Å². The number of hydrogen-bond donors (Lipinski definition) is 1. The summed E-state index contributed by atoms with van der Waals surface area (Å²) in [6.07, 6.45) is -2.51. The molecule has 0 bridgehead atoms. The van der Waals surface area contributed by atoms with Gasteiger partial charge in [-0.2, -0.15) is 18.3 Å². The van der Waals surface area contributed by atoms with Crippen LogP contribution in [0.25, 0.3) is 11.0 Å². The minimum Gasteiger partial charge on any atom is -0.321 e. The number of halogens is 3. The summed E-state index contributed by atoms with van der Waals surface area (Å²) < 4.78 is 42.7. The topological polar surface area (TPSA) is 64.7 Å². The van der Waals surface area contributed by atoms with E-state index < -0.39 is 11.9 Å². The van der Waals surface area contributed by atoms with Gasteiger partial charge in [0.15, 0.2) is 0 Å². The van der Waals surface area contributed by atoms with Gasteiger partial charge in [-0.3, -0.25) is 9.48 Å². The first-order valence-corrected chi connectivity index (χ1v) is 8.56. The minimum absolute atomic E-state index is 0.114. The molecule has 0 unspecified atom stereocenters. The highest BCUT2D eigenvalue weighted by molar-refractivity contribution is 5.90. The second-order valence-corrected chi connectivity index (χ2v) is 6.28. The summed E-state index contributed by atoms with van der Waals surface area (Å²) >= 11 is 0. The molecule has 0 aliphatic heterocycles. The average Bonchev–Trinajstić information content (AvgIpc) is 3.10. The predicted molar refractivity (Wildman–Crippen MR) is 95.3 cm³/mol. The number of aryl methyl sites for hydroxylation is 3. The standard InChI is InChI=1S/C18H20F3N5O/c1-4-13-11(2)24-25(3)17(13)23-15(27)7-9-26-14(18(19,20)21)10-12-6-5-8-22-16(12)26/h5-6,8,10H,4,7,9H2,1-3H3,(H,23,27). The van der Waals surface area contributed by atoms with E-state index in [-0.39, 0.29) is 24.5 Å². The van der Waals surface area contributed by atoms with E-state index in [1.54, 1.807) is 23.9 Å². The number of anilines is 1. The van der Waals surface area contributed by atoms with Crippen molar-refractivity contribution in [3.8, 4) is 0 Å². The van der Waals surface area contributed by atoms with Gasteiger partial charge in [-0.1, -0.05) is 6.92 Å². The van der Waals surface area contributed by atoms with Crippen LogP contribution in [0, 0.1) is 6.92 Å². The monoisotopic (exact) mass is 379 g/mol. The molecule has 0 saturated carbocycles. The van der Waals surface area contributed by atoms with Crippen molar-refractivity contribution in [3.05, 3.63) is 41.3 Å². The summed E-state index contributed by atoms with van der Waals surface area (Å²) in [5.74, 6) is 0.199. The van der Waals surface area contributed by atoms with Crippen molar-refractivity contribution in [3.63, 3.8) is 0 Å². The largest absolute Gasteiger partial charge is 0.431 e. The number of pyridine rings is 1. The molecule has 9 heteroatoms. The summed E-state index contributed by atoms with van der Waals surface area (Å²) in [6.45, 7) is 3.67. The molecular formula is C18H20F3N5O. The van der Waals surface area contributed by atoms with Crippen molar-refractivity contribution < 1.29 is 18.0 Å². The number of aromatic nitrogens is 4. The van der Waals surface area contributed by atoms with E-state index in [9.17, 15) is 18.0 Å². The molecule has 0 fully saturated rings. The lowest BCUT2D eigenvalue weighted by Gasteiger charge is -2.13. The summed E-state index contributed by atoms with van der Waals surface area (Å²) in [5, 5.41) is 7.43. The second-order valence-electron chi connectivity index (χ2n) is 6.28. The number of alkyl halides is 3. The Morgan fingerprint density at radius 2 is 2.07 bits per heavy atom. The first-order chi connectivity index (χ1) is 12.7. The number of fused-ring (bicyclic) bond motifs is 1. The van der Waals surface area contributed by atoms with Gasteiger partial charge in [-0.15, -0.1) is 0 Å². The molecular weight excluding hydrogens is 359 g/mol. The maximum atomic E-state index is 13.4. The van der Waals surface area contributed by atoms with Crippen LogP contribution < -0.4 is 5.32 Å². The van der Waals surface area contributed by atoms with E-state index in [1.807, 2.05) is 13.8 Å². The van der Waals surface area contributed by atoms with E-state index in [2.05, 4.69) is 15.4 Å². The van der Waals surface area contributed by atoms with Crippen LogP contribution in [0.2, 0.25) is 0 Å². The maximum Gasteiger partial charge on any atom is 0.431 e. The number of amides is 1. The Kier molecular flexibility index (Phi) is 4.95. The van der Waals surface area contributed by atoms with Gasteiger partial charge in [0.2, 0.25) is 5.91 Å². The maximum absolute atomic E-state index is 13.4. The van der Waals surface area contributed by atoms with Gasteiger partial charge >= 0.3 is 6.18 Å². The third-order valence-corrected chi connectivity index (χ3v) is 4.47. The highest BCUT2D eigenvalue weighted by Gasteiger charge is 2.35. The van der Waals surface area contributed by atoms with Crippen molar-refractivity contribution in [1.82, 2.24) is 19.3 Å². The highest BCUT2D eigenvalue weighted by atomic mass is 19.4. The van der Waals surface area contributed by atoms with Crippen LogP contribution in [-0.4, -0.2) is 25.2 Å². The highest BCUT2D eigenvalue weighted by Crippen LogP contribution is 2.33. The normalized spacial score (nSPS) is 11.9. The molecule has 144 valence electrons. The molecule has 0 atom stereocenters. The molecule has 0 aliphatic rings. The first kappa shape index (κ1) is 18.9. The summed E-state index contributed by atoms with van der Waals surface area (Å²) in [4.78, 5) is 16.4. The van der Waals surface area contributed by atoms with Crippen molar-refractivity contribution in [1.29, 1.82) is 0 Å². The molecule has 3 aromatic heterocycles. The average molecular weight is 379 g/mol. The molecule has 3 aromatic rings. The van der Waals surface area contributed by atoms with Gasteiger partial charge < -0.3 is 9.88 Å².